The number of carbonyl (C=O) groups is 2. The van der Waals surface area contributed by atoms with Gasteiger partial charge in [0.15, 0.2) is 0 Å². The molecule has 0 aliphatic carbocycles. The Balaban J connectivity index is 4.45. The van der Waals surface area contributed by atoms with Gasteiger partial charge in [0, 0.05) is 11.8 Å². The fourth-order valence-electron chi connectivity index (χ4n) is 1.96. The molecule has 0 aromatic carbocycles. The van der Waals surface area contributed by atoms with Crippen LogP contribution in [0.15, 0.2) is 0 Å². The first-order chi connectivity index (χ1) is 9.12. The van der Waals surface area contributed by atoms with Crippen molar-refractivity contribution < 1.29 is 18.4 Å². The highest BCUT2D eigenvalue weighted by Crippen LogP contribution is 2.14. The number of rotatable bonds is 6. The van der Waals surface area contributed by atoms with E-state index in [1.165, 1.54) is 0 Å². The Bertz CT molecular complexity index is 369. The molecular formula is C14H26O4Si2. The lowest BCUT2D eigenvalue weighted by Gasteiger charge is -2.20. The molecule has 0 spiro atoms. The van der Waals surface area contributed by atoms with Gasteiger partial charge in [-0.1, -0.05) is 26.7 Å². The molecule has 0 atom stereocenters. The Kier molecular flexibility index (Phi) is 7.83. The lowest BCUT2D eigenvalue weighted by molar-refractivity contribution is -0.130. The third-order valence-corrected chi connectivity index (χ3v) is 7.59. The fraction of sp³-hybridized carbons (Fsp3) is 0.714. The van der Waals surface area contributed by atoms with Gasteiger partial charge in [-0.2, -0.15) is 0 Å². The van der Waals surface area contributed by atoms with Gasteiger partial charge in [0.05, 0.1) is 0 Å². The van der Waals surface area contributed by atoms with E-state index >= 15 is 0 Å². The maximum absolute atomic E-state index is 11.6. The Labute approximate surface area is 124 Å². The summed E-state index contributed by atoms with van der Waals surface area (Å²) in [5.74, 6) is 3.22. The maximum Gasteiger partial charge on any atom is 0.371 e. The minimum atomic E-state index is -1.99. The van der Waals surface area contributed by atoms with E-state index in [4.69, 9.17) is 8.85 Å². The maximum atomic E-state index is 11.6. The van der Waals surface area contributed by atoms with Crippen molar-refractivity contribution in [2.24, 2.45) is 0 Å². The van der Waals surface area contributed by atoms with Crippen molar-refractivity contribution in [3.05, 3.63) is 0 Å². The summed E-state index contributed by atoms with van der Waals surface area (Å²) in [6.07, 6.45) is 1.94. The summed E-state index contributed by atoms with van der Waals surface area (Å²) >= 11 is 0. The Morgan fingerprint density at radius 1 is 0.800 bits per heavy atom. The van der Waals surface area contributed by atoms with Gasteiger partial charge in [0.25, 0.3) is 0 Å². The summed E-state index contributed by atoms with van der Waals surface area (Å²) in [6, 6.07) is 1.78. The highest BCUT2D eigenvalue weighted by atomic mass is 28.4. The Morgan fingerprint density at radius 3 is 1.35 bits per heavy atom. The SMILES string of the molecule is CCC[Si](C)(C)OC(=O)C#CC(=O)O[Si](C)(C)CCC. The van der Waals surface area contributed by atoms with E-state index in [2.05, 4.69) is 11.8 Å². The first kappa shape index (κ1) is 18.9. The van der Waals surface area contributed by atoms with Crippen molar-refractivity contribution in [1.29, 1.82) is 0 Å². The average molecular weight is 315 g/mol. The van der Waals surface area contributed by atoms with E-state index in [9.17, 15) is 9.59 Å². The second-order valence-corrected chi connectivity index (χ2v) is 14.5. The molecule has 0 aliphatic heterocycles. The highest BCUT2D eigenvalue weighted by Gasteiger charge is 2.26. The van der Waals surface area contributed by atoms with Crippen LogP contribution in [-0.4, -0.2) is 28.6 Å². The van der Waals surface area contributed by atoms with Crippen LogP contribution in [-0.2, 0) is 18.4 Å². The van der Waals surface area contributed by atoms with E-state index in [1.807, 2.05) is 40.0 Å². The molecule has 0 saturated heterocycles. The summed E-state index contributed by atoms with van der Waals surface area (Å²) in [5.41, 5.74) is 0. The molecule has 0 saturated carbocycles. The van der Waals surface area contributed by atoms with Crippen LogP contribution < -0.4 is 0 Å². The van der Waals surface area contributed by atoms with Crippen molar-refractivity contribution in [1.82, 2.24) is 0 Å². The summed E-state index contributed by atoms with van der Waals surface area (Å²) in [5, 5.41) is 0. The first-order valence-electron chi connectivity index (χ1n) is 7.10. The fourth-order valence-corrected chi connectivity index (χ4v) is 5.68. The normalized spacial score (nSPS) is 11.3. The second-order valence-electron chi connectivity index (χ2n) is 6.05. The molecular weight excluding hydrogens is 288 g/mol. The third kappa shape index (κ3) is 8.94. The topological polar surface area (TPSA) is 52.6 Å². The van der Waals surface area contributed by atoms with Gasteiger partial charge >= 0.3 is 11.9 Å². The van der Waals surface area contributed by atoms with Crippen molar-refractivity contribution >= 4 is 28.6 Å². The van der Waals surface area contributed by atoms with Gasteiger partial charge in [0.1, 0.15) is 0 Å². The molecule has 0 rings (SSSR count). The molecule has 0 radical (unpaired) electrons. The molecule has 0 amide bonds. The van der Waals surface area contributed by atoms with E-state index < -0.39 is 28.6 Å². The molecule has 0 aliphatic rings. The lowest BCUT2D eigenvalue weighted by Crippen LogP contribution is -2.33. The minimum absolute atomic E-state index is 0.623. The second kappa shape index (κ2) is 8.27. The van der Waals surface area contributed by atoms with Gasteiger partial charge in [-0.15, -0.1) is 0 Å². The smallest absolute Gasteiger partial charge is 0.371 e. The molecule has 4 nitrogen and oxygen atoms in total. The molecule has 0 aromatic heterocycles. The number of carbonyl (C=O) groups excluding carboxylic acids is 2. The monoisotopic (exact) mass is 314 g/mol. The van der Waals surface area contributed by atoms with Crippen LogP contribution in [0.25, 0.3) is 0 Å². The molecule has 0 heterocycles. The standard InChI is InChI=1S/C14H26O4Si2/c1-7-11-19(3,4)17-13(15)9-10-14(16)18-20(5,6)12-8-2/h7-8,11-12H2,1-6H3. The lowest BCUT2D eigenvalue weighted by atomic mass is 10.6. The van der Waals surface area contributed by atoms with Gasteiger partial charge in [0.2, 0.25) is 16.6 Å². The van der Waals surface area contributed by atoms with Gasteiger partial charge in [-0.25, -0.2) is 9.59 Å². The third-order valence-electron chi connectivity index (χ3n) is 2.71. The Hall–Kier alpha value is -1.07. The van der Waals surface area contributed by atoms with Crippen molar-refractivity contribution in [2.75, 3.05) is 0 Å². The zero-order valence-electron chi connectivity index (χ0n) is 13.5. The Morgan fingerprint density at radius 2 is 1.10 bits per heavy atom. The summed E-state index contributed by atoms with van der Waals surface area (Å²) in [6.45, 7) is 12.0. The van der Waals surface area contributed by atoms with Gasteiger partial charge < -0.3 is 8.85 Å². The molecule has 6 heteroatoms. The summed E-state index contributed by atoms with van der Waals surface area (Å²) in [7, 11) is -3.99. The molecule has 0 bridgehead atoms. The van der Waals surface area contributed by atoms with Crippen LogP contribution in [0.4, 0.5) is 0 Å². The average Bonchev–Trinajstić information content (AvgIpc) is 2.24. The van der Waals surface area contributed by atoms with Crippen molar-refractivity contribution in [3.63, 3.8) is 0 Å². The van der Waals surface area contributed by atoms with Crippen LogP contribution >= 0.6 is 0 Å². The van der Waals surface area contributed by atoms with Crippen molar-refractivity contribution in [3.8, 4) is 11.8 Å². The van der Waals surface area contributed by atoms with E-state index in [0.717, 1.165) is 24.9 Å². The molecule has 0 fully saturated rings. The van der Waals surface area contributed by atoms with Crippen LogP contribution in [0.3, 0.4) is 0 Å². The molecule has 0 N–H and O–H groups in total. The van der Waals surface area contributed by atoms with Crippen LogP contribution in [0.2, 0.25) is 38.3 Å². The largest absolute Gasteiger partial charge is 0.510 e. The summed E-state index contributed by atoms with van der Waals surface area (Å²) in [4.78, 5) is 23.1. The quantitative estimate of drug-likeness (QED) is 0.557. The highest BCUT2D eigenvalue weighted by molar-refractivity contribution is 6.73. The van der Waals surface area contributed by atoms with Crippen LogP contribution in [0, 0.1) is 11.8 Å². The molecule has 0 aromatic rings. The van der Waals surface area contributed by atoms with Crippen LogP contribution in [0.5, 0.6) is 0 Å². The minimum Gasteiger partial charge on any atom is -0.510 e. The zero-order chi connectivity index (χ0) is 15.8. The first-order valence-corrected chi connectivity index (χ1v) is 13.3. The van der Waals surface area contributed by atoms with Crippen LogP contribution in [0.1, 0.15) is 26.7 Å². The molecule has 0 unspecified atom stereocenters. The zero-order valence-corrected chi connectivity index (χ0v) is 15.5. The van der Waals surface area contributed by atoms with E-state index in [0.29, 0.717) is 0 Å². The predicted molar refractivity (Wildman–Crippen MR) is 85.1 cm³/mol. The van der Waals surface area contributed by atoms with Crippen molar-refractivity contribution in [2.45, 2.75) is 65.0 Å². The van der Waals surface area contributed by atoms with E-state index in [-0.39, 0.29) is 0 Å². The number of hydrogen-bond donors (Lipinski definition) is 0. The predicted octanol–water partition coefficient (Wildman–Crippen LogP) is 3.31. The summed E-state index contributed by atoms with van der Waals surface area (Å²) < 4.78 is 10.7. The molecule has 114 valence electrons. The van der Waals surface area contributed by atoms with E-state index in [1.54, 1.807) is 0 Å². The molecule has 20 heavy (non-hydrogen) atoms. The number of hydrogen-bond acceptors (Lipinski definition) is 4. The van der Waals surface area contributed by atoms with Gasteiger partial charge in [-0.05, 0) is 38.3 Å². The van der Waals surface area contributed by atoms with Gasteiger partial charge in [-0.3, -0.25) is 0 Å².